The number of H-pyrrole nitrogens is 2. The fourth-order valence-corrected chi connectivity index (χ4v) is 4.17. The Kier molecular flexibility index (Phi) is 5.07. The molecule has 8 bridgehead atoms. The first-order valence-electron chi connectivity index (χ1n) is 11.9. The molecule has 1 atom stereocenters. The Labute approximate surface area is 203 Å². The molecule has 0 saturated heterocycles. The van der Waals surface area contributed by atoms with Gasteiger partial charge in [0.15, 0.2) is 0 Å². The molecular formula is C29H23FN4O. The minimum absolute atomic E-state index is 0.282. The number of rotatable bonds is 4. The molecule has 2 N–H and O–H groups in total. The zero-order valence-corrected chi connectivity index (χ0v) is 19.0. The summed E-state index contributed by atoms with van der Waals surface area (Å²) in [5.74, 6) is -0.282. The molecule has 4 aromatic rings. The first kappa shape index (κ1) is 20.1. The number of halogens is 1. The van der Waals surface area contributed by atoms with Crippen molar-refractivity contribution in [2.24, 2.45) is 0 Å². The summed E-state index contributed by atoms with van der Waals surface area (Å²) in [5, 5.41) is 0. The highest BCUT2D eigenvalue weighted by molar-refractivity contribution is 5.78. The number of hydrogen-bond acceptors (Lipinski definition) is 3. The average Bonchev–Trinajstić information content (AvgIpc) is 3.64. The number of aromatic amines is 2. The van der Waals surface area contributed by atoms with Gasteiger partial charge in [-0.2, -0.15) is 0 Å². The van der Waals surface area contributed by atoms with E-state index in [1.165, 1.54) is 12.1 Å². The lowest BCUT2D eigenvalue weighted by molar-refractivity contribution is 0.0535. The largest absolute Gasteiger partial charge is 0.369 e. The second kappa shape index (κ2) is 8.81. The van der Waals surface area contributed by atoms with E-state index >= 15 is 0 Å². The van der Waals surface area contributed by atoms with Crippen molar-refractivity contribution >= 4 is 46.4 Å². The number of aromatic nitrogens is 4. The van der Waals surface area contributed by atoms with Crippen LogP contribution in [0.4, 0.5) is 4.39 Å². The van der Waals surface area contributed by atoms with Crippen molar-refractivity contribution in [2.45, 2.75) is 19.6 Å². The van der Waals surface area contributed by atoms with Crippen molar-refractivity contribution in [3.05, 3.63) is 106 Å². The van der Waals surface area contributed by atoms with Crippen molar-refractivity contribution in [2.75, 3.05) is 0 Å². The van der Waals surface area contributed by atoms with Crippen LogP contribution in [-0.2, 0) is 11.3 Å². The summed E-state index contributed by atoms with van der Waals surface area (Å²) in [6.07, 6.45) is 7.41. The predicted molar refractivity (Wildman–Crippen MR) is 138 cm³/mol. The summed E-state index contributed by atoms with van der Waals surface area (Å²) in [6, 6.07) is 18.4. The normalized spacial score (nSPS) is 13.7. The summed E-state index contributed by atoms with van der Waals surface area (Å²) in [6.45, 7) is 2.22. The van der Waals surface area contributed by atoms with E-state index < -0.39 is 0 Å². The molecule has 2 aliphatic rings. The predicted octanol–water partition coefficient (Wildman–Crippen LogP) is 7.07. The fourth-order valence-electron chi connectivity index (χ4n) is 4.17. The Morgan fingerprint density at radius 2 is 1.37 bits per heavy atom. The van der Waals surface area contributed by atoms with Crippen molar-refractivity contribution in [1.82, 2.24) is 19.9 Å². The van der Waals surface area contributed by atoms with Gasteiger partial charge in [0.1, 0.15) is 5.82 Å². The Hall–Kier alpha value is -4.29. The van der Waals surface area contributed by atoms with Crippen LogP contribution in [0.3, 0.4) is 0 Å². The van der Waals surface area contributed by atoms with Gasteiger partial charge in [-0.3, -0.25) is 0 Å². The third-order valence-corrected chi connectivity index (χ3v) is 5.94. The molecule has 0 radical (unpaired) electrons. The molecule has 3 aromatic heterocycles. The first-order valence-corrected chi connectivity index (χ1v) is 11.4. The minimum atomic E-state index is -0.385. The maximum atomic E-state index is 13.3. The number of hydrogen-bond donors (Lipinski definition) is 2. The van der Waals surface area contributed by atoms with Gasteiger partial charge in [-0.1, -0.05) is 12.1 Å². The quantitative estimate of drug-likeness (QED) is 0.294. The zero-order valence-electron chi connectivity index (χ0n) is 20.0. The van der Waals surface area contributed by atoms with Crippen LogP contribution in [0.25, 0.3) is 46.4 Å². The van der Waals surface area contributed by atoms with E-state index in [-0.39, 0.29) is 11.9 Å². The molecule has 0 fully saturated rings. The SMILES string of the molecule is [2H]c1c(C(C)OCc2ccc(F)cc2)c2cc3nc(cc4ccc(cc5nc(cc1[nH]2)C=C5)[nH]4)C=C3. The molecule has 6 rings (SSSR count). The average molecular weight is 464 g/mol. The van der Waals surface area contributed by atoms with Crippen LogP contribution in [0.5, 0.6) is 0 Å². The summed E-state index contributed by atoms with van der Waals surface area (Å²) in [4.78, 5) is 16.2. The molecule has 1 aromatic carbocycles. The molecule has 35 heavy (non-hydrogen) atoms. The number of nitrogens with one attached hydrogen (secondary N) is 2. The number of nitrogens with zero attached hydrogens (tertiary/aromatic N) is 2. The highest BCUT2D eigenvalue weighted by atomic mass is 19.1. The smallest absolute Gasteiger partial charge is 0.123 e. The Bertz CT molecular complexity index is 1680. The summed E-state index contributed by atoms with van der Waals surface area (Å²) in [5.41, 5.74) is 8.11. The van der Waals surface area contributed by atoms with Gasteiger partial charge in [0.05, 0.1) is 36.9 Å². The molecule has 5 nitrogen and oxygen atoms in total. The molecule has 6 heteroatoms. The number of ether oxygens (including phenoxy) is 1. The van der Waals surface area contributed by atoms with Crippen LogP contribution < -0.4 is 0 Å². The van der Waals surface area contributed by atoms with E-state index in [1.807, 2.05) is 67.6 Å². The maximum absolute atomic E-state index is 13.3. The van der Waals surface area contributed by atoms with Crippen molar-refractivity contribution in [3.63, 3.8) is 0 Å². The van der Waals surface area contributed by atoms with Crippen LogP contribution in [-0.4, -0.2) is 19.9 Å². The van der Waals surface area contributed by atoms with Crippen LogP contribution in [0, 0.1) is 5.82 Å². The summed E-state index contributed by atoms with van der Waals surface area (Å²) in [7, 11) is 0. The van der Waals surface area contributed by atoms with Crippen molar-refractivity contribution < 1.29 is 10.5 Å². The third kappa shape index (κ3) is 4.69. The molecule has 0 spiro atoms. The Balaban J connectivity index is 1.50. The van der Waals surface area contributed by atoms with E-state index in [0.717, 1.165) is 50.5 Å². The molecule has 0 saturated carbocycles. The minimum Gasteiger partial charge on any atom is -0.369 e. The van der Waals surface area contributed by atoms with Crippen molar-refractivity contribution in [3.8, 4) is 0 Å². The monoisotopic (exact) mass is 463 g/mol. The van der Waals surface area contributed by atoms with Gasteiger partial charge < -0.3 is 14.7 Å². The number of benzene rings is 1. The van der Waals surface area contributed by atoms with Gasteiger partial charge in [-0.05, 0) is 91.4 Å². The van der Waals surface area contributed by atoms with E-state index in [4.69, 9.17) is 11.1 Å². The maximum Gasteiger partial charge on any atom is 0.123 e. The Morgan fingerprint density at radius 3 is 2.00 bits per heavy atom. The lowest BCUT2D eigenvalue weighted by Crippen LogP contribution is -2.00. The second-order valence-corrected chi connectivity index (χ2v) is 8.61. The summed E-state index contributed by atoms with van der Waals surface area (Å²) < 4.78 is 28.3. The third-order valence-electron chi connectivity index (χ3n) is 5.94. The molecule has 0 amide bonds. The lowest BCUT2D eigenvalue weighted by atomic mass is 10.1. The topological polar surface area (TPSA) is 66.6 Å². The van der Waals surface area contributed by atoms with Crippen LogP contribution in [0.15, 0.2) is 66.7 Å². The Morgan fingerprint density at radius 1 is 0.800 bits per heavy atom. The highest BCUT2D eigenvalue weighted by Crippen LogP contribution is 2.26. The first-order chi connectivity index (χ1) is 17.5. The van der Waals surface area contributed by atoms with Crippen molar-refractivity contribution in [1.29, 1.82) is 0 Å². The molecule has 1 unspecified atom stereocenters. The summed E-state index contributed by atoms with van der Waals surface area (Å²) >= 11 is 0. The van der Waals surface area contributed by atoms with Gasteiger partial charge in [0.25, 0.3) is 0 Å². The fraction of sp³-hybridized carbons (Fsp3) is 0.103. The van der Waals surface area contributed by atoms with E-state index in [1.54, 1.807) is 12.1 Å². The van der Waals surface area contributed by atoms with Crippen LogP contribution in [0.1, 0.15) is 48.3 Å². The van der Waals surface area contributed by atoms with Gasteiger partial charge in [0.2, 0.25) is 0 Å². The van der Waals surface area contributed by atoms with Gasteiger partial charge in [-0.25, -0.2) is 14.4 Å². The van der Waals surface area contributed by atoms with Gasteiger partial charge in [-0.15, -0.1) is 0 Å². The molecule has 2 aliphatic heterocycles. The van der Waals surface area contributed by atoms with E-state index in [2.05, 4.69) is 15.0 Å². The van der Waals surface area contributed by atoms with Gasteiger partial charge >= 0.3 is 0 Å². The molecule has 5 heterocycles. The van der Waals surface area contributed by atoms with Gasteiger partial charge in [0, 0.05) is 27.6 Å². The molecule has 172 valence electrons. The highest BCUT2D eigenvalue weighted by Gasteiger charge is 2.12. The standard InChI is InChI=1S/C29H23FN4O/c1-18(35-17-19-2-4-20(30)5-3-19)28-15-27-14-25-9-8-23(32-25)12-21-6-7-22(31-21)13-24-10-11-26(33-24)16-29(28)34-27/h2-16,18,31,34H,17H2,1H3/i15D. The van der Waals surface area contributed by atoms with E-state index in [9.17, 15) is 4.39 Å². The van der Waals surface area contributed by atoms with Crippen LogP contribution >= 0.6 is 0 Å². The van der Waals surface area contributed by atoms with E-state index in [0.29, 0.717) is 18.2 Å². The second-order valence-electron chi connectivity index (χ2n) is 8.61. The molecular weight excluding hydrogens is 439 g/mol. The lowest BCUT2D eigenvalue weighted by Gasteiger charge is -2.12. The molecule has 0 aliphatic carbocycles. The van der Waals surface area contributed by atoms with Crippen LogP contribution in [0.2, 0.25) is 0 Å². The number of fused-ring (bicyclic) bond motifs is 8. The zero-order chi connectivity index (χ0) is 24.6.